The summed E-state index contributed by atoms with van der Waals surface area (Å²) in [6, 6.07) is 5.15. The molecule has 0 spiro atoms. The van der Waals surface area contributed by atoms with Gasteiger partial charge in [0.25, 0.3) is 0 Å². The van der Waals surface area contributed by atoms with Gasteiger partial charge < -0.3 is 10.1 Å². The minimum absolute atomic E-state index is 0.331. The van der Waals surface area contributed by atoms with Gasteiger partial charge in [0.1, 0.15) is 5.75 Å². The van der Waals surface area contributed by atoms with Gasteiger partial charge in [0.2, 0.25) is 0 Å². The minimum Gasteiger partial charge on any atom is -0.491 e. The maximum atomic E-state index is 12.1. The molecule has 0 aliphatic carbocycles. The molecule has 6 heteroatoms. The van der Waals surface area contributed by atoms with Gasteiger partial charge in [-0.15, -0.1) is 0 Å². The molecule has 0 aliphatic heterocycles. The SMILES string of the molecule is CCCNCc1cccc(Cl)c1OCCC(F)(F)F. The average molecular weight is 296 g/mol. The summed E-state index contributed by atoms with van der Waals surface area (Å²) in [7, 11) is 0. The highest BCUT2D eigenvalue weighted by Crippen LogP contribution is 2.29. The molecule has 1 rings (SSSR count). The highest BCUT2D eigenvalue weighted by Gasteiger charge is 2.27. The van der Waals surface area contributed by atoms with Crippen LogP contribution in [-0.4, -0.2) is 19.3 Å². The van der Waals surface area contributed by atoms with Gasteiger partial charge in [-0.2, -0.15) is 13.2 Å². The first-order valence-corrected chi connectivity index (χ1v) is 6.49. The zero-order valence-electron chi connectivity index (χ0n) is 10.7. The first kappa shape index (κ1) is 16.1. The van der Waals surface area contributed by atoms with Crippen molar-refractivity contribution < 1.29 is 17.9 Å². The van der Waals surface area contributed by atoms with Gasteiger partial charge in [-0.1, -0.05) is 30.7 Å². The van der Waals surface area contributed by atoms with Crippen LogP contribution >= 0.6 is 11.6 Å². The molecular weight excluding hydrogens is 279 g/mol. The zero-order valence-corrected chi connectivity index (χ0v) is 11.4. The van der Waals surface area contributed by atoms with E-state index in [-0.39, 0.29) is 0 Å². The molecule has 1 aromatic carbocycles. The first-order valence-electron chi connectivity index (χ1n) is 6.11. The van der Waals surface area contributed by atoms with Crippen LogP contribution in [0.5, 0.6) is 5.75 Å². The zero-order chi connectivity index (χ0) is 14.3. The van der Waals surface area contributed by atoms with Gasteiger partial charge in [-0.3, -0.25) is 0 Å². The van der Waals surface area contributed by atoms with Crippen molar-refractivity contribution in [3.63, 3.8) is 0 Å². The van der Waals surface area contributed by atoms with Crippen LogP contribution in [0.2, 0.25) is 5.02 Å². The van der Waals surface area contributed by atoms with E-state index >= 15 is 0 Å². The largest absolute Gasteiger partial charge is 0.491 e. The van der Waals surface area contributed by atoms with Crippen molar-refractivity contribution in [3.05, 3.63) is 28.8 Å². The smallest absolute Gasteiger partial charge is 0.392 e. The highest BCUT2D eigenvalue weighted by atomic mass is 35.5. The summed E-state index contributed by atoms with van der Waals surface area (Å²) in [5.41, 5.74) is 0.767. The maximum Gasteiger partial charge on any atom is 0.392 e. The van der Waals surface area contributed by atoms with E-state index in [0.717, 1.165) is 18.5 Å². The molecule has 1 N–H and O–H groups in total. The fraction of sp³-hybridized carbons (Fsp3) is 0.538. The molecule has 2 nitrogen and oxygen atoms in total. The van der Waals surface area contributed by atoms with Gasteiger partial charge >= 0.3 is 6.18 Å². The highest BCUT2D eigenvalue weighted by molar-refractivity contribution is 6.32. The van der Waals surface area contributed by atoms with Crippen LogP contribution in [0.1, 0.15) is 25.3 Å². The third-order valence-electron chi connectivity index (χ3n) is 2.42. The summed E-state index contributed by atoms with van der Waals surface area (Å²) in [6.07, 6.45) is -4.23. The lowest BCUT2D eigenvalue weighted by Crippen LogP contribution is -2.16. The molecule has 0 heterocycles. The van der Waals surface area contributed by atoms with Crippen molar-refractivity contribution in [1.82, 2.24) is 5.32 Å². The van der Waals surface area contributed by atoms with Crippen LogP contribution in [0.15, 0.2) is 18.2 Å². The minimum atomic E-state index is -4.22. The third-order valence-corrected chi connectivity index (χ3v) is 2.72. The predicted molar refractivity (Wildman–Crippen MR) is 69.6 cm³/mol. The van der Waals surface area contributed by atoms with Crippen LogP contribution in [0.4, 0.5) is 13.2 Å². The lowest BCUT2D eigenvalue weighted by Gasteiger charge is -2.14. The fourth-order valence-corrected chi connectivity index (χ4v) is 1.77. The summed E-state index contributed by atoms with van der Waals surface area (Å²) in [4.78, 5) is 0. The van der Waals surface area contributed by atoms with E-state index in [0.29, 0.717) is 17.3 Å². The number of hydrogen-bond acceptors (Lipinski definition) is 2. The van der Waals surface area contributed by atoms with E-state index in [2.05, 4.69) is 5.32 Å². The number of hydrogen-bond donors (Lipinski definition) is 1. The monoisotopic (exact) mass is 295 g/mol. The van der Waals surface area contributed by atoms with Crippen molar-refractivity contribution in [2.24, 2.45) is 0 Å². The van der Waals surface area contributed by atoms with Crippen LogP contribution in [0, 0.1) is 0 Å². The van der Waals surface area contributed by atoms with Gasteiger partial charge in [0, 0.05) is 12.1 Å². The normalized spacial score (nSPS) is 11.6. The van der Waals surface area contributed by atoms with Gasteiger partial charge in [-0.05, 0) is 19.0 Å². The number of halogens is 4. The standard InChI is InChI=1S/C13H17ClF3NO/c1-2-7-18-9-10-4-3-5-11(14)12(10)19-8-6-13(15,16)17/h3-5,18H,2,6-9H2,1H3. The second-order valence-corrected chi connectivity index (χ2v) is 4.53. The van der Waals surface area contributed by atoms with Crippen molar-refractivity contribution in [2.75, 3.05) is 13.2 Å². The number of alkyl halides is 3. The molecule has 0 saturated heterocycles. The van der Waals surface area contributed by atoms with Gasteiger partial charge in [0.05, 0.1) is 18.1 Å². The van der Waals surface area contributed by atoms with Gasteiger partial charge in [0.15, 0.2) is 0 Å². The Hall–Kier alpha value is -0.940. The van der Waals surface area contributed by atoms with Crippen LogP contribution < -0.4 is 10.1 Å². The quantitative estimate of drug-likeness (QED) is 0.762. The Balaban J connectivity index is 2.63. The van der Waals surface area contributed by atoms with Crippen molar-refractivity contribution in [1.29, 1.82) is 0 Å². The van der Waals surface area contributed by atoms with E-state index in [9.17, 15) is 13.2 Å². The summed E-state index contributed by atoms with van der Waals surface area (Å²) < 4.78 is 41.4. The number of rotatable bonds is 7. The third kappa shape index (κ3) is 6.16. The molecule has 0 saturated carbocycles. The number of benzene rings is 1. The molecule has 0 fully saturated rings. The summed E-state index contributed by atoms with van der Waals surface area (Å²) >= 11 is 5.96. The summed E-state index contributed by atoms with van der Waals surface area (Å²) in [6.45, 7) is 2.96. The second-order valence-electron chi connectivity index (χ2n) is 4.12. The molecular formula is C13H17ClF3NO. The van der Waals surface area contributed by atoms with E-state index in [1.165, 1.54) is 0 Å². The summed E-state index contributed by atoms with van der Waals surface area (Å²) in [5.74, 6) is 0.331. The van der Waals surface area contributed by atoms with E-state index in [4.69, 9.17) is 16.3 Å². The molecule has 0 radical (unpaired) electrons. The molecule has 1 aromatic rings. The molecule has 0 unspecified atom stereocenters. The Morgan fingerprint density at radius 3 is 2.68 bits per heavy atom. The average Bonchev–Trinajstić information content (AvgIpc) is 2.31. The molecule has 0 aliphatic rings. The topological polar surface area (TPSA) is 21.3 Å². The molecule has 0 amide bonds. The van der Waals surface area contributed by atoms with Crippen LogP contribution in [0.25, 0.3) is 0 Å². The predicted octanol–water partition coefficient (Wildman–Crippen LogP) is 4.17. The van der Waals surface area contributed by atoms with Crippen molar-refractivity contribution in [3.8, 4) is 5.75 Å². The first-order chi connectivity index (χ1) is 8.94. The van der Waals surface area contributed by atoms with Crippen LogP contribution in [-0.2, 0) is 6.54 Å². The Morgan fingerprint density at radius 2 is 2.05 bits per heavy atom. The fourth-order valence-electron chi connectivity index (χ4n) is 1.52. The lowest BCUT2D eigenvalue weighted by molar-refractivity contribution is -0.139. The summed E-state index contributed by atoms with van der Waals surface area (Å²) in [5, 5.41) is 3.50. The van der Waals surface area contributed by atoms with Gasteiger partial charge in [-0.25, -0.2) is 0 Å². The van der Waals surface area contributed by atoms with Crippen LogP contribution in [0.3, 0.4) is 0 Å². The van der Waals surface area contributed by atoms with Crippen molar-refractivity contribution >= 4 is 11.6 Å². The maximum absolute atomic E-state index is 12.1. The van der Waals surface area contributed by atoms with E-state index in [1.807, 2.05) is 6.92 Å². The number of ether oxygens (including phenoxy) is 1. The molecule has 0 aromatic heterocycles. The Morgan fingerprint density at radius 1 is 1.32 bits per heavy atom. The Kier molecular flexibility index (Phi) is 6.45. The second kappa shape index (κ2) is 7.60. The molecule has 108 valence electrons. The van der Waals surface area contributed by atoms with E-state index < -0.39 is 19.2 Å². The lowest BCUT2D eigenvalue weighted by atomic mass is 10.2. The van der Waals surface area contributed by atoms with E-state index in [1.54, 1.807) is 18.2 Å². The molecule has 0 atom stereocenters. The number of nitrogens with one attached hydrogen (secondary N) is 1. The Labute approximate surface area is 115 Å². The Bertz CT molecular complexity index is 396. The van der Waals surface area contributed by atoms with Crippen molar-refractivity contribution in [2.45, 2.75) is 32.5 Å². The number of para-hydroxylation sites is 1. The molecule has 19 heavy (non-hydrogen) atoms. The molecule has 0 bridgehead atoms.